The van der Waals surface area contributed by atoms with Crippen LogP contribution in [0.1, 0.15) is 12.8 Å². The van der Waals surface area contributed by atoms with Gasteiger partial charge in [-0.05, 0) is 44.0 Å². The Morgan fingerprint density at radius 3 is 2.62 bits per heavy atom. The Morgan fingerprint density at radius 2 is 2.05 bits per heavy atom. The average molecular weight is 313 g/mol. The van der Waals surface area contributed by atoms with E-state index in [-0.39, 0.29) is 16.3 Å². The van der Waals surface area contributed by atoms with E-state index in [2.05, 4.69) is 10.6 Å². The van der Waals surface area contributed by atoms with Crippen molar-refractivity contribution in [3.63, 3.8) is 0 Å². The van der Waals surface area contributed by atoms with Crippen LogP contribution in [-0.2, 0) is 9.84 Å². The predicted octanol–water partition coefficient (Wildman–Crippen LogP) is 1.41. The minimum Gasteiger partial charge on any atom is -0.379 e. The van der Waals surface area contributed by atoms with Crippen LogP contribution in [0.2, 0.25) is 0 Å². The average Bonchev–Trinajstić information content (AvgIpc) is 2.44. The van der Waals surface area contributed by atoms with Crippen molar-refractivity contribution in [2.45, 2.75) is 17.7 Å². The molecule has 2 rings (SSSR count). The maximum absolute atomic E-state index is 11.7. The molecule has 1 saturated heterocycles. The summed E-state index contributed by atoms with van der Waals surface area (Å²) in [4.78, 5) is 10.3. The Labute approximate surface area is 123 Å². The van der Waals surface area contributed by atoms with Crippen LogP contribution < -0.4 is 10.6 Å². The molecule has 1 heterocycles. The molecule has 0 radical (unpaired) electrons. The van der Waals surface area contributed by atoms with Gasteiger partial charge < -0.3 is 10.6 Å². The molecule has 1 aliphatic heterocycles. The number of nitrogens with one attached hydrogen (secondary N) is 2. The zero-order valence-electron chi connectivity index (χ0n) is 11.8. The Bertz CT molecular complexity index is 624. The van der Waals surface area contributed by atoms with E-state index in [9.17, 15) is 18.5 Å². The number of hydrogen-bond acceptors (Lipinski definition) is 6. The highest BCUT2D eigenvalue weighted by atomic mass is 32.2. The summed E-state index contributed by atoms with van der Waals surface area (Å²) in [7, 11) is -3.64. The maximum Gasteiger partial charge on any atom is 0.310 e. The number of sulfone groups is 1. The highest BCUT2D eigenvalue weighted by Crippen LogP contribution is 2.32. The summed E-state index contributed by atoms with van der Waals surface area (Å²) < 4.78 is 23.4. The van der Waals surface area contributed by atoms with E-state index in [0.717, 1.165) is 32.2 Å². The monoisotopic (exact) mass is 313 g/mol. The van der Waals surface area contributed by atoms with Gasteiger partial charge in [-0.25, -0.2) is 8.42 Å². The first-order valence-electron chi connectivity index (χ1n) is 6.81. The fourth-order valence-electron chi connectivity index (χ4n) is 2.49. The first-order valence-corrected chi connectivity index (χ1v) is 8.71. The van der Waals surface area contributed by atoms with Crippen LogP contribution >= 0.6 is 0 Å². The van der Waals surface area contributed by atoms with Crippen molar-refractivity contribution in [2.24, 2.45) is 5.92 Å². The summed E-state index contributed by atoms with van der Waals surface area (Å²) in [5.74, 6) is 0.438. The first kappa shape index (κ1) is 15.7. The van der Waals surface area contributed by atoms with Crippen LogP contribution in [0.5, 0.6) is 0 Å². The first-order chi connectivity index (χ1) is 9.89. The van der Waals surface area contributed by atoms with E-state index in [1.165, 1.54) is 12.1 Å². The fourth-order valence-corrected chi connectivity index (χ4v) is 3.35. The topological polar surface area (TPSA) is 101 Å². The molecule has 0 aliphatic carbocycles. The molecule has 1 aromatic rings. The van der Waals surface area contributed by atoms with Gasteiger partial charge in [0.1, 0.15) is 10.6 Å². The second-order valence-electron chi connectivity index (χ2n) is 5.26. The molecule has 0 saturated carbocycles. The number of anilines is 1. The Kier molecular flexibility index (Phi) is 4.79. The van der Waals surface area contributed by atoms with Gasteiger partial charge in [0.15, 0.2) is 9.84 Å². The van der Waals surface area contributed by atoms with Crippen molar-refractivity contribution >= 4 is 21.2 Å². The van der Waals surface area contributed by atoms with Crippen molar-refractivity contribution in [3.05, 3.63) is 28.3 Å². The fraction of sp³-hybridized carbons (Fsp3) is 0.538. The molecule has 1 aliphatic rings. The molecule has 8 heteroatoms. The molecule has 21 heavy (non-hydrogen) atoms. The zero-order chi connectivity index (χ0) is 15.5. The summed E-state index contributed by atoms with van der Waals surface area (Å²) in [6.07, 6.45) is 2.99. The zero-order valence-corrected chi connectivity index (χ0v) is 12.6. The van der Waals surface area contributed by atoms with E-state index >= 15 is 0 Å². The van der Waals surface area contributed by atoms with Gasteiger partial charge in [0, 0.05) is 12.8 Å². The molecule has 0 aromatic heterocycles. The minimum absolute atomic E-state index is 0.247. The van der Waals surface area contributed by atoms with Gasteiger partial charge >= 0.3 is 5.69 Å². The number of nitro groups is 1. The van der Waals surface area contributed by atoms with Gasteiger partial charge in [-0.15, -0.1) is 0 Å². The highest BCUT2D eigenvalue weighted by Gasteiger charge is 2.26. The number of nitrogens with zero attached hydrogens (tertiary/aromatic N) is 1. The van der Waals surface area contributed by atoms with Crippen LogP contribution in [0.15, 0.2) is 23.1 Å². The predicted molar refractivity (Wildman–Crippen MR) is 80.3 cm³/mol. The number of hydrogen-bond donors (Lipinski definition) is 2. The molecular formula is C13H19N3O4S. The third-order valence-corrected chi connectivity index (χ3v) is 4.75. The van der Waals surface area contributed by atoms with Crippen LogP contribution in [0.4, 0.5) is 11.4 Å². The van der Waals surface area contributed by atoms with Crippen molar-refractivity contribution in [2.75, 3.05) is 31.2 Å². The van der Waals surface area contributed by atoms with Crippen molar-refractivity contribution in [3.8, 4) is 0 Å². The van der Waals surface area contributed by atoms with Crippen LogP contribution in [0.25, 0.3) is 0 Å². The van der Waals surface area contributed by atoms with Crippen LogP contribution in [0, 0.1) is 16.0 Å². The Hall–Kier alpha value is -1.67. The maximum atomic E-state index is 11.7. The third-order valence-electron chi connectivity index (χ3n) is 3.62. The normalized spacial score (nSPS) is 16.6. The SMILES string of the molecule is CS(=O)(=O)c1cccc(NCC2CCNCC2)c1[N+](=O)[O-]. The standard InChI is InChI=1S/C13H19N3O4S/c1-21(19,20)12-4-2-3-11(13(12)16(17)18)15-9-10-5-7-14-8-6-10/h2-4,10,14-15H,5-9H2,1H3. The summed E-state index contributed by atoms with van der Waals surface area (Å²) in [5, 5.41) is 17.5. The molecule has 0 spiro atoms. The molecule has 0 atom stereocenters. The number of benzene rings is 1. The van der Waals surface area contributed by atoms with Crippen molar-refractivity contribution in [1.29, 1.82) is 0 Å². The van der Waals surface area contributed by atoms with Crippen LogP contribution in [-0.4, -0.2) is 39.2 Å². The van der Waals surface area contributed by atoms with E-state index in [1.807, 2.05) is 0 Å². The molecule has 0 unspecified atom stereocenters. The smallest absolute Gasteiger partial charge is 0.310 e. The van der Waals surface area contributed by atoms with Gasteiger partial charge in [0.25, 0.3) is 0 Å². The molecular weight excluding hydrogens is 294 g/mol. The Balaban J connectivity index is 2.24. The molecule has 0 bridgehead atoms. The summed E-state index contributed by atoms with van der Waals surface area (Å²) in [6, 6.07) is 4.34. The van der Waals surface area contributed by atoms with Gasteiger partial charge in [-0.3, -0.25) is 10.1 Å². The summed E-state index contributed by atoms with van der Waals surface area (Å²) in [5.41, 5.74) is -0.101. The summed E-state index contributed by atoms with van der Waals surface area (Å²) in [6.45, 7) is 2.49. The van der Waals surface area contributed by atoms with E-state index in [1.54, 1.807) is 6.07 Å². The lowest BCUT2D eigenvalue weighted by molar-refractivity contribution is -0.386. The number of rotatable bonds is 5. The van der Waals surface area contributed by atoms with E-state index in [4.69, 9.17) is 0 Å². The molecule has 116 valence electrons. The number of nitro benzene ring substituents is 1. The Morgan fingerprint density at radius 1 is 1.38 bits per heavy atom. The highest BCUT2D eigenvalue weighted by molar-refractivity contribution is 7.90. The van der Waals surface area contributed by atoms with Crippen molar-refractivity contribution in [1.82, 2.24) is 5.32 Å². The minimum atomic E-state index is -3.64. The summed E-state index contributed by atoms with van der Waals surface area (Å²) >= 11 is 0. The van der Waals surface area contributed by atoms with Gasteiger partial charge in [-0.1, -0.05) is 6.07 Å². The molecule has 1 aromatic carbocycles. The quantitative estimate of drug-likeness (QED) is 0.629. The molecule has 1 fully saturated rings. The van der Waals surface area contributed by atoms with Gasteiger partial charge in [-0.2, -0.15) is 0 Å². The number of piperidine rings is 1. The largest absolute Gasteiger partial charge is 0.379 e. The lowest BCUT2D eigenvalue weighted by Gasteiger charge is -2.23. The second-order valence-corrected chi connectivity index (χ2v) is 7.24. The second kappa shape index (κ2) is 6.40. The number of para-hydroxylation sites is 1. The van der Waals surface area contributed by atoms with Gasteiger partial charge in [0.05, 0.1) is 4.92 Å². The van der Waals surface area contributed by atoms with Crippen molar-refractivity contribution < 1.29 is 13.3 Å². The van der Waals surface area contributed by atoms with Crippen LogP contribution in [0.3, 0.4) is 0 Å². The molecule has 0 amide bonds. The lowest BCUT2D eigenvalue weighted by atomic mass is 9.98. The molecule has 2 N–H and O–H groups in total. The van der Waals surface area contributed by atoms with E-state index < -0.39 is 14.8 Å². The van der Waals surface area contributed by atoms with E-state index in [0.29, 0.717) is 12.5 Å². The third kappa shape index (κ3) is 3.92. The molecule has 7 nitrogen and oxygen atoms in total. The van der Waals surface area contributed by atoms with Gasteiger partial charge in [0.2, 0.25) is 0 Å². The lowest BCUT2D eigenvalue weighted by Crippen LogP contribution is -2.31.